The summed E-state index contributed by atoms with van der Waals surface area (Å²) >= 11 is 4.05. The lowest BCUT2D eigenvalue weighted by molar-refractivity contribution is 0.122. The lowest BCUT2D eigenvalue weighted by atomic mass is 10.3. The van der Waals surface area contributed by atoms with E-state index in [0.29, 0.717) is 38.7 Å². The summed E-state index contributed by atoms with van der Waals surface area (Å²) in [6.07, 6.45) is 1.73. The lowest BCUT2D eigenvalue weighted by Crippen LogP contribution is -2.37. The molecule has 1 aromatic rings. The Morgan fingerprint density at radius 3 is 2.84 bits per heavy atom. The van der Waals surface area contributed by atoms with Crippen molar-refractivity contribution in [3.63, 3.8) is 0 Å². The molecule has 0 radical (unpaired) electrons. The minimum atomic E-state index is -0.0986. The minimum absolute atomic E-state index is 0.0986. The van der Waals surface area contributed by atoms with Crippen LogP contribution in [-0.2, 0) is 16.0 Å². The number of anilines is 1. The summed E-state index contributed by atoms with van der Waals surface area (Å²) in [4.78, 5) is 14.0. The fraction of sp³-hybridized carbons (Fsp3) is 0.667. The Bertz CT molecular complexity index is 446. The van der Waals surface area contributed by atoms with Gasteiger partial charge in [0.25, 0.3) is 5.56 Å². The van der Waals surface area contributed by atoms with Gasteiger partial charge in [-0.3, -0.25) is 4.79 Å². The van der Waals surface area contributed by atoms with Crippen molar-refractivity contribution in [2.45, 2.75) is 6.54 Å². The average molecular weight is 285 g/mol. The molecule has 2 rings (SSSR count). The van der Waals surface area contributed by atoms with E-state index in [-0.39, 0.29) is 5.56 Å². The number of aromatic nitrogens is 2. The first-order chi connectivity index (χ1) is 9.31. The molecule has 1 aliphatic rings. The third-order valence-electron chi connectivity index (χ3n) is 2.91. The van der Waals surface area contributed by atoms with Crippen molar-refractivity contribution in [2.24, 2.45) is 0 Å². The number of nitrogens with zero attached hydrogens (tertiary/aromatic N) is 3. The topological polar surface area (TPSA) is 56.6 Å². The molecule has 0 atom stereocenters. The van der Waals surface area contributed by atoms with E-state index in [0.717, 1.165) is 18.8 Å². The first kappa shape index (κ1) is 14.4. The van der Waals surface area contributed by atoms with Crippen molar-refractivity contribution in [3.05, 3.63) is 22.6 Å². The van der Waals surface area contributed by atoms with E-state index in [1.54, 1.807) is 12.3 Å². The molecule has 0 bridgehead atoms. The summed E-state index contributed by atoms with van der Waals surface area (Å²) in [5.41, 5.74) is 0.763. The maximum absolute atomic E-state index is 11.9. The van der Waals surface area contributed by atoms with Gasteiger partial charge >= 0.3 is 0 Å². The van der Waals surface area contributed by atoms with E-state index in [1.165, 1.54) is 4.68 Å². The molecule has 0 unspecified atom stereocenters. The highest BCUT2D eigenvalue weighted by Crippen LogP contribution is 2.11. The number of morpholine rings is 1. The minimum Gasteiger partial charge on any atom is -0.379 e. The molecule has 1 fully saturated rings. The van der Waals surface area contributed by atoms with Gasteiger partial charge in [-0.05, 0) is 0 Å². The zero-order valence-corrected chi connectivity index (χ0v) is 11.7. The quantitative estimate of drug-likeness (QED) is 0.590. The Hall–Kier alpha value is -1.05. The Kier molecular flexibility index (Phi) is 5.68. The van der Waals surface area contributed by atoms with Gasteiger partial charge in [0.05, 0.1) is 44.9 Å². The molecule has 2 heterocycles. The zero-order valence-electron chi connectivity index (χ0n) is 10.8. The van der Waals surface area contributed by atoms with Gasteiger partial charge < -0.3 is 14.4 Å². The van der Waals surface area contributed by atoms with Crippen molar-refractivity contribution in [1.29, 1.82) is 0 Å². The van der Waals surface area contributed by atoms with Crippen LogP contribution in [0, 0.1) is 0 Å². The van der Waals surface area contributed by atoms with Crippen LogP contribution in [0.15, 0.2) is 17.1 Å². The molecule has 1 aliphatic heterocycles. The largest absolute Gasteiger partial charge is 0.379 e. The van der Waals surface area contributed by atoms with Crippen molar-refractivity contribution >= 4 is 18.3 Å². The van der Waals surface area contributed by atoms with Crippen molar-refractivity contribution < 1.29 is 9.47 Å². The Labute approximate surface area is 117 Å². The molecule has 7 heteroatoms. The van der Waals surface area contributed by atoms with Gasteiger partial charge in [0.15, 0.2) is 0 Å². The SMILES string of the molecule is O=c1cc(N2CCOCC2)cnn1CCOCCS. The maximum Gasteiger partial charge on any atom is 0.268 e. The van der Waals surface area contributed by atoms with Crippen molar-refractivity contribution in [1.82, 2.24) is 9.78 Å². The van der Waals surface area contributed by atoms with E-state index >= 15 is 0 Å². The van der Waals surface area contributed by atoms with Crippen LogP contribution in [0.4, 0.5) is 5.69 Å². The summed E-state index contributed by atoms with van der Waals surface area (Å²) < 4.78 is 12.0. The molecular formula is C12H19N3O3S. The smallest absolute Gasteiger partial charge is 0.268 e. The molecule has 0 aliphatic carbocycles. The molecule has 1 saturated heterocycles. The van der Waals surface area contributed by atoms with E-state index in [1.807, 2.05) is 0 Å². The Balaban J connectivity index is 1.94. The van der Waals surface area contributed by atoms with Gasteiger partial charge in [-0.1, -0.05) is 0 Å². The second kappa shape index (κ2) is 7.52. The highest BCUT2D eigenvalue weighted by molar-refractivity contribution is 7.80. The fourth-order valence-corrected chi connectivity index (χ4v) is 2.03. The third kappa shape index (κ3) is 4.22. The van der Waals surface area contributed by atoms with E-state index < -0.39 is 0 Å². The van der Waals surface area contributed by atoms with E-state index in [4.69, 9.17) is 9.47 Å². The molecule has 0 aromatic carbocycles. The normalized spacial score (nSPS) is 15.7. The van der Waals surface area contributed by atoms with E-state index in [2.05, 4.69) is 22.6 Å². The molecule has 1 aromatic heterocycles. The molecule has 0 N–H and O–H groups in total. The van der Waals surface area contributed by atoms with Gasteiger partial charge in [-0.2, -0.15) is 17.7 Å². The second-order valence-corrected chi connectivity index (χ2v) is 4.66. The molecular weight excluding hydrogens is 266 g/mol. The van der Waals surface area contributed by atoms with Crippen LogP contribution >= 0.6 is 12.6 Å². The van der Waals surface area contributed by atoms with Crippen LogP contribution in [0.5, 0.6) is 0 Å². The van der Waals surface area contributed by atoms with Crippen LogP contribution in [0.2, 0.25) is 0 Å². The number of hydrogen-bond donors (Lipinski definition) is 1. The van der Waals surface area contributed by atoms with Crippen molar-refractivity contribution in [2.75, 3.05) is 50.2 Å². The molecule has 106 valence electrons. The third-order valence-corrected chi connectivity index (χ3v) is 3.10. The number of ether oxygens (including phenoxy) is 2. The van der Waals surface area contributed by atoms with Gasteiger partial charge in [0, 0.05) is 24.9 Å². The van der Waals surface area contributed by atoms with Crippen LogP contribution in [0.3, 0.4) is 0 Å². The average Bonchev–Trinajstić information content (AvgIpc) is 2.46. The van der Waals surface area contributed by atoms with Gasteiger partial charge in [0.2, 0.25) is 0 Å². The summed E-state index contributed by atoms with van der Waals surface area (Å²) in [6, 6.07) is 1.62. The molecule has 19 heavy (non-hydrogen) atoms. The highest BCUT2D eigenvalue weighted by atomic mass is 32.1. The van der Waals surface area contributed by atoms with E-state index in [9.17, 15) is 4.79 Å². The van der Waals surface area contributed by atoms with Crippen molar-refractivity contribution in [3.8, 4) is 0 Å². The fourth-order valence-electron chi connectivity index (χ4n) is 1.90. The van der Waals surface area contributed by atoms with Gasteiger partial charge in [0.1, 0.15) is 0 Å². The predicted molar refractivity (Wildman–Crippen MR) is 76.2 cm³/mol. The van der Waals surface area contributed by atoms with Crippen LogP contribution in [0.25, 0.3) is 0 Å². The highest BCUT2D eigenvalue weighted by Gasteiger charge is 2.12. The second-order valence-electron chi connectivity index (χ2n) is 4.21. The monoisotopic (exact) mass is 285 g/mol. The molecule has 0 spiro atoms. The maximum atomic E-state index is 11.9. The Morgan fingerprint density at radius 2 is 2.16 bits per heavy atom. The van der Waals surface area contributed by atoms with Crippen LogP contribution in [0.1, 0.15) is 0 Å². The van der Waals surface area contributed by atoms with Crippen LogP contribution in [-0.4, -0.2) is 55.1 Å². The molecule has 0 amide bonds. The summed E-state index contributed by atoms with van der Waals surface area (Å²) in [5.74, 6) is 0.679. The number of hydrogen-bond acceptors (Lipinski definition) is 6. The zero-order chi connectivity index (χ0) is 13.5. The molecule has 0 saturated carbocycles. The summed E-state index contributed by atoms with van der Waals surface area (Å²) in [7, 11) is 0. The van der Waals surface area contributed by atoms with Gasteiger partial charge in [-0.15, -0.1) is 0 Å². The van der Waals surface area contributed by atoms with Crippen LogP contribution < -0.4 is 10.5 Å². The first-order valence-corrected chi connectivity index (χ1v) is 7.03. The summed E-state index contributed by atoms with van der Waals surface area (Å²) in [5, 5.41) is 4.17. The standard InChI is InChI=1S/C12H19N3O3S/c16-12-9-11(14-1-4-17-5-2-14)10-13-15(12)3-6-18-7-8-19/h9-10,19H,1-8H2. The first-order valence-electron chi connectivity index (χ1n) is 6.40. The number of rotatable bonds is 6. The predicted octanol–water partition coefficient (Wildman–Crippen LogP) is 0.0263. The summed E-state index contributed by atoms with van der Waals surface area (Å²) in [6.45, 7) is 4.53. The lowest BCUT2D eigenvalue weighted by Gasteiger charge is -2.28. The molecule has 6 nitrogen and oxygen atoms in total. The number of thiol groups is 1. The van der Waals surface area contributed by atoms with Gasteiger partial charge in [-0.25, -0.2) is 4.68 Å². The Morgan fingerprint density at radius 1 is 1.37 bits per heavy atom.